The third kappa shape index (κ3) is 4.87. The Kier molecular flexibility index (Phi) is 6.92. The number of benzene rings is 2. The summed E-state index contributed by atoms with van der Waals surface area (Å²) in [5.41, 5.74) is 2.66. The Bertz CT molecular complexity index is 1170. The summed E-state index contributed by atoms with van der Waals surface area (Å²) in [7, 11) is 3.23. The first-order valence-electron chi connectivity index (χ1n) is 10.0. The van der Waals surface area contributed by atoms with Crippen molar-refractivity contribution in [3.05, 3.63) is 72.1 Å². The number of methoxy groups -OCH3 is 2. The van der Waals surface area contributed by atoms with Crippen molar-refractivity contribution in [2.75, 3.05) is 24.9 Å². The molecule has 1 amide bonds. The van der Waals surface area contributed by atoms with E-state index in [1.165, 1.54) is 28.7 Å². The summed E-state index contributed by atoms with van der Waals surface area (Å²) in [6.45, 7) is 2.38. The van der Waals surface area contributed by atoms with Crippen molar-refractivity contribution >= 4 is 44.4 Å². The van der Waals surface area contributed by atoms with Crippen molar-refractivity contribution in [1.82, 2.24) is 9.97 Å². The van der Waals surface area contributed by atoms with Crippen molar-refractivity contribution in [1.29, 1.82) is 0 Å². The van der Waals surface area contributed by atoms with E-state index in [9.17, 15) is 4.79 Å². The molecule has 0 unspecified atom stereocenters. The zero-order chi connectivity index (χ0) is 22.5. The number of pyridine rings is 1. The fraction of sp³-hybridized carbons (Fsp3) is 0.208. The molecule has 8 heteroatoms. The highest BCUT2D eigenvalue weighted by atomic mass is 32.2. The standard InChI is InChI=1S/C24H23N3O3S2/c1-16-7-9-18(10-8-16)31-15-21(28)27(14-17-6-4-5-13-25-17)24-26-22-19(29-2)11-12-20(30-3)23(22)32-24/h4-13H,14-15H2,1-3H3. The lowest BCUT2D eigenvalue weighted by Gasteiger charge is -2.19. The minimum atomic E-state index is -0.0433. The fourth-order valence-electron chi connectivity index (χ4n) is 3.16. The lowest BCUT2D eigenvalue weighted by molar-refractivity contribution is -0.116. The molecule has 0 spiro atoms. The number of aromatic nitrogens is 2. The molecule has 0 aliphatic rings. The van der Waals surface area contributed by atoms with E-state index in [1.807, 2.05) is 61.5 Å². The van der Waals surface area contributed by atoms with E-state index in [0.717, 1.165) is 15.3 Å². The molecule has 164 valence electrons. The number of nitrogens with zero attached hydrogens (tertiary/aromatic N) is 3. The van der Waals surface area contributed by atoms with Gasteiger partial charge in [-0.15, -0.1) is 11.8 Å². The van der Waals surface area contributed by atoms with Crippen LogP contribution < -0.4 is 14.4 Å². The predicted octanol–water partition coefficient (Wildman–Crippen LogP) is 5.34. The van der Waals surface area contributed by atoms with Gasteiger partial charge in [0.15, 0.2) is 5.13 Å². The Morgan fingerprint density at radius 2 is 1.78 bits per heavy atom. The molecule has 0 aliphatic heterocycles. The fourth-order valence-corrected chi connectivity index (χ4v) is 5.03. The summed E-state index contributed by atoms with van der Waals surface area (Å²) < 4.78 is 11.8. The molecule has 0 aliphatic carbocycles. The van der Waals surface area contributed by atoms with Gasteiger partial charge in [-0.05, 0) is 43.3 Å². The number of anilines is 1. The van der Waals surface area contributed by atoms with E-state index in [0.29, 0.717) is 34.4 Å². The number of carbonyl (C=O) groups is 1. The van der Waals surface area contributed by atoms with Crippen LogP contribution in [0, 0.1) is 6.92 Å². The van der Waals surface area contributed by atoms with E-state index in [-0.39, 0.29) is 5.91 Å². The average molecular weight is 466 g/mol. The molecule has 2 aromatic heterocycles. The largest absolute Gasteiger partial charge is 0.495 e. The molecule has 0 N–H and O–H groups in total. The highest BCUT2D eigenvalue weighted by Gasteiger charge is 2.23. The second kappa shape index (κ2) is 10.0. The second-order valence-electron chi connectivity index (χ2n) is 7.05. The maximum absolute atomic E-state index is 13.4. The van der Waals surface area contributed by atoms with Crippen LogP contribution in [-0.4, -0.2) is 35.8 Å². The number of ether oxygens (including phenoxy) is 2. The van der Waals surface area contributed by atoms with Crippen LogP contribution in [0.15, 0.2) is 65.7 Å². The Labute approximate surface area is 195 Å². The maximum Gasteiger partial charge on any atom is 0.239 e. The summed E-state index contributed by atoms with van der Waals surface area (Å²) in [6.07, 6.45) is 1.73. The highest BCUT2D eigenvalue weighted by molar-refractivity contribution is 8.00. The van der Waals surface area contributed by atoms with Gasteiger partial charge in [-0.2, -0.15) is 0 Å². The number of aryl methyl sites for hydroxylation is 1. The van der Waals surface area contributed by atoms with E-state index in [2.05, 4.69) is 4.98 Å². The lowest BCUT2D eigenvalue weighted by atomic mass is 10.2. The van der Waals surface area contributed by atoms with Crippen LogP contribution in [0.3, 0.4) is 0 Å². The highest BCUT2D eigenvalue weighted by Crippen LogP contribution is 2.40. The summed E-state index contributed by atoms with van der Waals surface area (Å²) in [5, 5.41) is 0.586. The summed E-state index contributed by atoms with van der Waals surface area (Å²) >= 11 is 2.92. The first-order valence-corrected chi connectivity index (χ1v) is 11.8. The normalized spacial score (nSPS) is 10.8. The third-order valence-corrected chi connectivity index (χ3v) is 6.95. The number of thioether (sulfide) groups is 1. The van der Waals surface area contributed by atoms with Crippen molar-refractivity contribution < 1.29 is 14.3 Å². The van der Waals surface area contributed by atoms with Crippen LogP contribution in [0.5, 0.6) is 11.5 Å². The van der Waals surface area contributed by atoms with Crippen LogP contribution >= 0.6 is 23.1 Å². The van der Waals surface area contributed by atoms with Crippen LogP contribution in [0.1, 0.15) is 11.3 Å². The van der Waals surface area contributed by atoms with Crippen molar-refractivity contribution in [2.24, 2.45) is 0 Å². The Hall–Kier alpha value is -3.10. The predicted molar refractivity (Wildman–Crippen MR) is 130 cm³/mol. The summed E-state index contributed by atoms with van der Waals surface area (Å²) in [4.78, 5) is 25.3. The summed E-state index contributed by atoms with van der Waals surface area (Å²) in [5.74, 6) is 1.59. The van der Waals surface area contributed by atoms with Crippen LogP contribution in [-0.2, 0) is 11.3 Å². The van der Waals surface area contributed by atoms with Gasteiger partial charge in [-0.3, -0.25) is 14.7 Å². The smallest absolute Gasteiger partial charge is 0.239 e. The molecule has 0 radical (unpaired) electrons. The zero-order valence-corrected chi connectivity index (χ0v) is 19.7. The third-order valence-electron chi connectivity index (χ3n) is 4.86. The van der Waals surface area contributed by atoms with Gasteiger partial charge in [-0.1, -0.05) is 35.1 Å². The number of thiazole rings is 1. The maximum atomic E-state index is 13.4. The van der Waals surface area contributed by atoms with Crippen molar-refractivity contribution in [3.8, 4) is 11.5 Å². The molecule has 0 bridgehead atoms. The minimum Gasteiger partial charge on any atom is -0.495 e. The van der Waals surface area contributed by atoms with Gasteiger partial charge in [0, 0.05) is 11.1 Å². The minimum absolute atomic E-state index is 0.0433. The molecule has 0 atom stereocenters. The molecule has 0 saturated heterocycles. The number of carbonyl (C=O) groups excluding carboxylic acids is 1. The van der Waals surface area contributed by atoms with Crippen LogP contribution in [0.25, 0.3) is 10.2 Å². The first kappa shape index (κ1) is 22.1. The Balaban J connectivity index is 1.67. The second-order valence-corrected chi connectivity index (χ2v) is 9.07. The van der Waals surface area contributed by atoms with E-state index in [1.54, 1.807) is 25.3 Å². The molecule has 2 heterocycles. The molecule has 4 rings (SSSR count). The number of hydrogen-bond donors (Lipinski definition) is 0. The van der Waals surface area contributed by atoms with Gasteiger partial charge in [0.05, 0.1) is 32.2 Å². The Morgan fingerprint density at radius 1 is 1.03 bits per heavy atom. The number of amides is 1. The van der Waals surface area contributed by atoms with Crippen molar-refractivity contribution in [3.63, 3.8) is 0 Å². The van der Waals surface area contributed by atoms with Gasteiger partial charge in [-0.25, -0.2) is 4.98 Å². The van der Waals surface area contributed by atoms with E-state index in [4.69, 9.17) is 14.5 Å². The molecule has 6 nitrogen and oxygen atoms in total. The van der Waals surface area contributed by atoms with Gasteiger partial charge in [0.1, 0.15) is 21.7 Å². The molecular formula is C24H23N3O3S2. The molecular weight excluding hydrogens is 442 g/mol. The van der Waals surface area contributed by atoms with E-state index < -0.39 is 0 Å². The van der Waals surface area contributed by atoms with Crippen LogP contribution in [0.2, 0.25) is 0 Å². The van der Waals surface area contributed by atoms with E-state index >= 15 is 0 Å². The SMILES string of the molecule is COc1ccc(OC)c2sc(N(Cc3ccccn3)C(=O)CSc3ccc(C)cc3)nc12. The Morgan fingerprint density at radius 3 is 2.47 bits per heavy atom. The van der Waals surface area contributed by atoms with Gasteiger partial charge in [0.25, 0.3) is 0 Å². The topological polar surface area (TPSA) is 64.6 Å². The molecule has 0 fully saturated rings. The lowest BCUT2D eigenvalue weighted by Crippen LogP contribution is -2.32. The summed E-state index contributed by atoms with van der Waals surface area (Å²) in [6, 6.07) is 17.5. The number of hydrogen-bond acceptors (Lipinski definition) is 7. The monoisotopic (exact) mass is 465 g/mol. The molecule has 32 heavy (non-hydrogen) atoms. The first-order chi connectivity index (χ1) is 15.6. The van der Waals surface area contributed by atoms with Crippen molar-refractivity contribution in [2.45, 2.75) is 18.4 Å². The molecule has 2 aromatic carbocycles. The quantitative estimate of drug-likeness (QED) is 0.327. The van der Waals surface area contributed by atoms with Gasteiger partial charge < -0.3 is 9.47 Å². The molecule has 0 saturated carbocycles. The zero-order valence-electron chi connectivity index (χ0n) is 18.1. The number of rotatable bonds is 8. The van der Waals surface area contributed by atoms with Crippen LogP contribution in [0.4, 0.5) is 5.13 Å². The number of fused-ring (bicyclic) bond motifs is 1. The van der Waals surface area contributed by atoms with Gasteiger partial charge >= 0.3 is 0 Å². The average Bonchev–Trinajstić information content (AvgIpc) is 3.27. The molecule has 4 aromatic rings. The van der Waals surface area contributed by atoms with Gasteiger partial charge in [0.2, 0.25) is 5.91 Å².